The minimum absolute atomic E-state index is 0.110. The molecule has 1 aromatic carbocycles. The van der Waals surface area contributed by atoms with Crippen molar-refractivity contribution in [2.24, 2.45) is 0 Å². The number of likely N-dealkylation sites (N-methyl/N-ethyl adjacent to an activating group) is 1. The summed E-state index contributed by atoms with van der Waals surface area (Å²) in [4.78, 5) is 34.6. The van der Waals surface area contributed by atoms with Crippen LogP contribution in [0.25, 0.3) is 0 Å². The van der Waals surface area contributed by atoms with Crippen LogP contribution in [0.4, 0.5) is 10.1 Å². The molecule has 4 rings (SSSR count). The molecule has 2 aromatic rings. The summed E-state index contributed by atoms with van der Waals surface area (Å²) < 4.78 is 15.8. The van der Waals surface area contributed by atoms with Gasteiger partial charge in [0.15, 0.2) is 11.5 Å². The quantitative estimate of drug-likeness (QED) is 0.857. The number of carbonyl (C=O) groups is 2. The van der Waals surface area contributed by atoms with Gasteiger partial charge in [-0.05, 0) is 37.9 Å². The fourth-order valence-electron chi connectivity index (χ4n) is 4.04. The molecule has 2 aliphatic rings. The van der Waals surface area contributed by atoms with Crippen LogP contribution in [0.15, 0.2) is 24.3 Å². The molecule has 0 saturated carbocycles. The first-order valence-corrected chi connectivity index (χ1v) is 10.3. The molecule has 1 saturated heterocycles. The average Bonchev–Trinajstić information content (AvgIpc) is 3.15. The lowest BCUT2D eigenvalue weighted by molar-refractivity contribution is 0.0625. The molecular formula is C21H26FN5O2. The maximum Gasteiger partial charge on any atom is 0.289 e. The number of hydrogen-bond acceptors (Lipinski definition) is 4. The van der Waals surface area contributed by atoms with Crippen LogP contribution in [0.3, 0.4) is 0 Å². The van der Waals surface area contributed by atoms with Crippen molar-refractivity contribution in [2.75, 3.05) is 38.0 Å². The summed E-state index contributed by atoms with van der Waals surface area (Å²) in [5, 5.41) is 2.60. The minimum Gasteiger partial charge on any atom is -0.333 e. The zero-order valence-electron chi connectivity index (χ0n) is 16.7. The van der Waals surface area contributed by atoms with Gasteiger partial charge in [0.25, 0.3) is 11.8 Å². The van der Waals surface area contributed by atoms with Gasteiger partial charge in [-0.25, -0.2) is 9.37 Å². The van der Waals surface area contributed by atoms with Gasteiger partial charge < -0.3 is 19.7 Å². The van der Waals surface area contributed by atoms with Crippen LogP contribution in [0.1, 0.15) is 46.6 Å². The smallest absolute Gasteiger partial charge is 0.289 e. The van der Waals surface area contributed by atoms with Crippen LogP contribution in [-0.2, 0) is 13.0 Å². The van der Waals surface area contributed by atoms with E-state index >= 15 is 0 Å². The molecule has 0 aliphatic carbocycles. The predicted molar refractivity (Wildman–Crippen MR) is 108 cm³/mol. The van der Waals surface area contributed by atoms with Crippen molar-refractivity contribution in [3.05, 3.63) is 47.3 Å². The summed E-state index contributed by atoms with van der Waals surface area (Å²) in [6.45, 7) is 6.76. The highest BCUT2D eigenvalue weighted by atomic mass is 19.1. The first-order valence-electron chi connectivity index (χ1n) is 10.3. The van der Waals surface area contributed by atoms with Crippen molar-refractivity contribution in [1.82, 2.24) is 19.4 Å². The van der Waals surface area contributed by atoms with E-state index < -0.39 is 11.7 Å². The summed E-state index contributed by atoms with van der Waals surface area (Å²) >= 11 is 0. The Labute approximate surface area is 169 Å². The summed E-state index contributed by atoms with van der Waals surface area (Å²) in [5.41, 5.74) is 1.10. The molecule has 0 atom stereocenters. The number of nitrogens with zero attached hydrogens (tertiary/aromatic N) is 4. The van der Waals surface area contributed by atoms with E-state index in [1.54, 1.807) is 12.1 Å². The highest BCUT2D eigenvalue weighted by Gasteiger charge is 2.31. The molecule has 2 amide bonds. The number of anilines is 1. The van der Waals surface area contributed by atoms with E-state index in [1.165, 1.54) is 12.1 Å². The summed E-state index contributed by atoms with van der Waals surface area (Å²) in [6, 6.07) is 6.03. The van der Waals surface area contributed by atoms with Gasteiger partial charge in [0, 0.05) is 32.7 Å². The molecule has 1 fully saturated rings. The Morgan fingerprint density at radius 2 is 1.86 bits per heavy atom. The van der Waals surface area contributed by atoms with E-state index in [2.05, 4.69) is 22.1 Å². The lowest BCUT2D eigenvalue weighted by Crippen LogP contribution is -2.49. The van der Waals surface area contributed by atoms with Crippen LogP contribution in [0, 0.1) is 5.82 Å². The molecule has 0 spiro atoms. The van der Waals surface area contributed by atoms with Gasteiger partial charge in [0.1, 0.15) is 5.82 Å². The van der Waals surface area contributed by atoms with Crippen LogP contribution >= 0.6 is 0 Å². The SMILES string of the molecule is CCN1CCN(C(=O)c2nc(C(=O)Nc3ccccc3F)c3n2CCCC3)CC1. The molecule has 0 unspecified atom stereocenters. The van der Waals surface area contributed by atoms with Crippen molar-refractivity contribution in [2.45, 2.75) is 32.7 Å². The van der Waals surface area contributed by atoms with Crippen molar-refractivity contribution >= 4 is 17.5 Å². The van der Waals surface area contributed by atoms with Crippen molar-refractivity contribution in [3.63, 3.8) is 0 Å². The predicted octanol–water partition coefficient (Wildman–Crippen LogP) is 2.39. The number of carbonyl (C=O) groups excluding carboxylic acids is 2. The number of imidazole rings is 1. The Balaban J connectivity index is 1.60. The van der Waals surface area contributed by atoms with Gasteiger partial charge in [-0.3, -0.25) is 9.59 Å². The third-order valence-electron chi connectivity index (χ3n) is 5.75. The molecule has 2 aliphatic heterocycles. The Bertz CT molecular complexity index is 918. The number of amides is 2. The molecule has 0 radical (unpaired) electrons. The Morgan fingerprint density at radius 3 is 2.59 bits per heavy atom. The number of halogens is 1. The Hall–Kier alpha value is -2.74. The summed E-state index contributed by atoms with van der Waals surface area (Å²) in [5.74, 6) is -0.785. The average molecular weight is 399 g/mol. The molecule has 1 aromatic heterocycles. The second kappa shape index (κ2) is 8.32. The first-order chi connectivity index (χ1) is 14.1. The van der Waals surface area contributed by atoms with Crippen molar-refractivity contribution < 1.29 is 14.0 Å². The van der Waals surface area contributed by atoms with Crippen LogP contribution < -0.4 is 5.32 Å². The maximum atomic E-state index is 13.9. The monoisotopic (exact) mass is 399 g/mol. The molecule has 154 valence electrons. The Morgan fingerprint density at radius 1 is 1.10 bits per heavy atom. The van der Waals surface area contributed by atoms with Crippen molar-refractivity contribution in [3.8, 4) is 0 Å². The van der Waals surface area contributed by atoms with E-state index in [0.717, 1.165) is 38.2 Å². The topological polar surface area (TPSA) is 70.5 Å². The van der Waals surface area contributed by atoms with Gasteiger partial charge in [-0.15, -0.1) is 0 Å². The van der Waals surface area contributed by atoms with Crippen molar-refractivity contribution in [1.29, 1.82) is 0 Å². The second-order valence-electron chi connectivity index (χ2n) is 7.50. The van der Waals surface area contributed by atoms with E-state index in [1.807, 2.05) is 9.47 Å². The molecule has 7 nitrogen and oxygen atoms in total. The maximum absolute atomic E-state index is 13.9. The number of hydrogen-bond donors (Lipinski definition) is 1. The van der Waals surface area contributed by atoms with Crippen LogP contribution in [-0.4, -0.2) is 63.9 Å². The fraction of sp³-hybridized carbons (Fsp3) is 0.476. The lowest BCUT2D eigenvalue weighted by atomic mass is 10.1. The highest BCUT2D eigenvalue weighted by Crippen LogP contribution is 2.24. The summed E-state index contributed by atoms with van der Waals surface area (Å²) in [7, 11) is 0. The van der Waals surface area contributed by atoms with E-state index in [0.29, 0.717) is 31.9 Å². The zero-order valence-corrected chi connectivity index (χ0v) is 16.7. The molecule has 1 N–H and O–H groups in total. The highest BCUT2D eigenvalue weighted by molar-refractivity contribution is 6.05. The van der Waals surface area contributed by atoms with Crippen LogP contribution in [0.5, 0.6) is 0 Å². The van der Waals surface area contributed by atoms with E-state index in [-0.39, 0.29) is 17.3 Å². The van der Waals surface area contributed by atoms with Crippen LogP contribution in [0.2, 0.25) is 0 Å². The number of para-hydroxylation sites is 1. The standard InChI is InChI=1S/C21H26FN5O2/c1-2-25-11-13-26(14-12-25)21(29)19-24-18(17-9-5-6-10-27(17)19)20(28)23-16-8-4-3-7-15(16)22/h3-4,7-8H,2,5-6,9-14H2,1H3,(H,23,28). The van der Waals surface area contributed by atoms with Gasteiger partial charge in [0.05, 0.1) is 11.4 Å². The minimum atomic E-state index is -0.501. The van der Waals surface area contributed by atoms with Gasteiger partial charge >= 0.3 is 0 Å². The number of nitrogens with one attached hydrogen (secondary N) is 1. The number of benzene rings is 1. The molecule has 8 heteroatoms. The first kappa shape index (κ1) is 19.6. The third kappa shape index (κ3) is 3.89. The number of rotatable bonds is 4. The molecule has 29 heavy (non-hydrogen) atoms. The second-order valence-corrected chi connectivity index (χ2v) is 7.50. The molecule has 3 heterocycles. The largest absolute Gasteiger partial charge is 0.333 e. The third-order valence-corrected chi connectivity index (χ3v) is 5.75. The van der Waals surface area contributed by atoms with Gasteiger partial charge in [-0.2, -0.15) is 0 Å². The van der Waals surface area contributed by atoms with E-state index in [9.17, 15) is 14.0 Å². The van der Waals surface area contributed by atoms with Gasteiger partial charge in [-0.1, -0.05) is 19.1 Å². The number of piperazine rings is 1. The zero-order chi connectivity index (χ0) is 20.4. The number of fused-ring (bicyclic) bond motifs is 1. The van der Waals surface area contributed by atoms with E-state index in [4.69, 9.17) is 0 Å². The lowest BCUT2D eigenvalue weighted by Gasteiger charge is -2.34. The summed E-state index contributed by atoms with van der Waals surface area (Å²) in [6.07, 6.45) is 2.57. The normalized spacial score (nSPS) is 17.1. The Kier molecular flexibility index (Phi) is 5.62. The fourth-order valence-corrected chi connectivity index (χ4v) is 4.04. The van der Waals surface area contributed by atoms with Gasteiger partial charge in [0.2, 0.25) is 0 Å². The number of aromatic nitrogens is 2. The molecular weight excluding hydrogens is 373 g/mol. The molecule has 0 bridgehead atoms.